The molecule has 0 radical (unpaired) electrons. The van der Waals surface area contributed by atoms with Crippen molar-refractivity contribution in [3.8, 4) is 77.9 Å². The normalized spacial score (nSPS) is 13.2. The summed E-state index contributed by atoms with van der Waals surface area (Å²) < 4.78 is 18.9. The van der Waals surface area contributed by atoms with E-state index < -0.39 is 0 Å². The van der Waals surface area contributed by atoms with E-state index >= 15 is 0 Å². The van der Waals surface area contributed by atoms with Crippen LogP contribution in [0.4, 0.5) is 51.2 Å². The average Bonchev–Trinajstić information content (AvgIpc) is 1.55. The van der Waals surface area contributed by atoms with E-state index in [-0.39, 0.29) is 16.2 Å². The molecule has 0 amide bonds. The van der Waals surface area contributed by atoms with Crippen molar-refractivity contribution in [2.24, 2.45) is 0 Å². The maximum absolute atomic E-state index is 6.32. The Bertz CT molecular complexity index is 8750. The lowest BCUT2D eigenvalue weighted by molar-refractivity contribution is 0.657. The first-order valence-electron chi connectivity index (χ1n) is 47.5. The zero-order chi connectivity index (χ0) is 91.8. The summed E-state index contributed by atoms with van der Waals surface area (Å²) in [4.78, 5) is 7.11. The van der Waals surface area contributed by atoms with Gasteiger partial charge in [-0.2, -0.15) is 0 Å². The van der Waals surface area contributed by atoms with Gasteiger partial charge in [0, 0.05) is 99.7 Å². The van der Waals surface area contributed by atoms with E-state index in [2.05, 4.69) is 505 Å². The van der Waals surface area contributed by atoms with Crippen LogP contribution in [0.15, 0.2) is 480 Å². The average molecular weight is 1760 g/mol. The fourth-order valence-corrected chi connectivity index (χ4v) is 22.5. The molecule has 6 nitrogen and oxygen atoms in total. The van der Waals surface area contributed by atoms with E-state index in [0.29, 0.717) is 0 Å². The number of nitrogens with zero attached hydrogens (tertiary/aromatic N) is 3. The summed E-state index contributed by atoms with van der Waals surface area (Å²) in [6, 6.07) is 168. The van der Waals surface area contributed by atoms with Crippen molar-refractivity contribution in [2.75, 3.05) is 14.7 Å². The molecule has 27 rings (SSSR count). The predicted octanol–water partition coefficient (Wildman–Crippen LogP) is 37.1. The van der Waals surface area contributed by atoms with E-state index in [1.54, 1.807) is 0 Å². The van der Waals surface area contributed by atoms with Crippen molar-refractivity contribution in [3.63, 3.8) is 0 Å². The Kier molecular flexibility index (Phi) is 19.5. The van der Waals surface area contributed by atoms with Gasteiger partial charge in [0.2, 0.25) is 0 Å². The zero-order valence-electron chi connectivity index (χ0n) is 77.0. The summed E-state index contributed by atoms with van der Waals surface area (Å²) in [7, 11) is 0. The topological polar surface area (TPSA) is 49.1 Å². The highest BCUT2D eigenvalue weighted by Crippen LogP contribution is 2.59. The fraction of sp³-hybridized carbons (Fsp3) is 0.0687. The fourth-order valence-electron chi connectivity index (χ4n) is 22.5. The van der Waals surface area contributed by atoms with Crippen molar-refractivity contribution >= 4 is 139 Å². The van der Waals surface area contributed by atoms with Crippen molar-refractivity contribution in [1.82, 2.24) is 0 Å². The molecule has 0 aliphatic heterocycles. The summed E-state index contributed by atoms with van der Waals surface area (Å²) in [5.41, 5.74) is 40.8. The van der Waals surface area contributed by atoms with Gasteiger partial charge < -0.3 is 28.0 Å². The minimum absolute atomic E-state index is 0.158. The maximum atomic E-state index is 6.32. The number of hydrogen-bond acceptors (Lipinski definition) is 6. The molecule has 3 aliphatic carbocycles. The predicted molar refractivity (Wildman–Crippen MR) is 575 cm³/mol. The minimum Gasteiger partial charge on any atom is -0.456 e. The van der Waals surface area contributed by atoms with Crippen LogP contribution in [-0.2, 0) is 16.2 Å². The van der Waals surface area contributed by atoms with E-state index in [0.717, 1.165) is 84.7 Å². The summed E-state index contributed by atoms with van der Waals surface area (Å²) in [6.07, 6.45) is 0. The number of anilines is 9. The van der Waals surface area contributed by atoms with Gasteiger partial charge >= 0.3 is 0 Å². The quantitative estimate of drug-likeness (QED) is 0.115. The first kappa shape index (κ1) is 81.9. The van der Waals surface area contributed by atoms with Gasteiger partial charge in [-0.25, -0.2) is 0 Å². The molecule has 0 fully saturated rings. The molecular formula is C131H95N3O3. The Hall–Kier alpha value is -17.1. The lowest BCUT2D eigenvalue weighted by Gasteiger charge is -2.28. The van der Waals surface area contributed by atoms with Crippen LogP contribution >= 0.6 is 0 Å². The van der Waals surface area contributed by atoms with Crippen molar-refractivity contribution in [3.05, 3.63) is 500 Å². The number of para-hydroxylation sites is 5. The number of benzene rings is 21. The highest BCUT2D eigenvalue weighted by Gasteiger charge is 2.43. The standard InChI is InChI=1S/C45H33NO.2C43H31NO/c1-45(2)40-27-25-36(29-39(40)37-26-28-42-43(44(37)45)38-15-9-10-16-41(38)47-42)46(34-21-17-32(18-22-34)30-11-5-3-6-12-30)35-23-19-33(20-24-35)31-13-7-4-8-14-31;1-43(2)38-24-22-34(27-37(38)35-23-25-40-41(42(35)43)36-14-8-9-15-39(36)45-40)44(32-12-4-3-5-13-32)33-20-18-29(19-21-33)31-17-16-28-10-6-7-11-30(28)26-31;1-43(2)38-27-34(22-23-35(38)36-24-25-40-41(42(36)43)37-14-8-9-15-39(37)45-40)44(32-12-4-3-5-13-32)33-20-18-29(19-21-33)31-17-16-28-10-6-7-11-30(28)26-31/h3-29H,1-2H3;2*3-27H,1-2H3. The van der Waals surface area contributed by atoms with E-state index in [1.807, 2.05) is 18.2 Å². The largest absolute Gasteiger partial charge is 0.456 e. The van der Waals surface area contributed by atoms with E-state index in [9.17, 15) is 0 Å². The second-order valence-electron chi connectivity index (χ2n) is 38.2. The summed E-state index contributed by atoms with van der Waals surface area (Å²) in [6.45, 7) is 14.1. The van der Waals surface area contributed by atoms with Crippen molar-refractivity contribution in [2.45, 2.75) is 57.8 Å². The van der Waals surface area contributed by atoms with Crippen LogP contribution in [0.3, 0.4) is 0 Å². The molecule has 0 saturated heterocycles. The Balaban J connectivity index is 0.000000109. The Morgan fingerprint density at radius 2 is 0.416 bits per heavy atom. The molecule has 0 atom stereocenters. The minimum atomic E-state index is -0.199. The zero-order valence-corrected chi connectivity index (χ0v) is 77.0. The molecule has 0 bridgehead atoms. The van der Waals surface area contributed by atoms with E-state index in [4.69, 9.17) is 13.3 Å². The smallest absolute Gasteiger partial charge is 0.135 e. The highest BCUT2D eigenvalue weighted by molar-refractivity contribution is 6.14. The SMILES string of the molecule is CC1(C)c2cc(N(c3ccccc3)c3ccc(-c4ccc5ccccc5c4)cc3)ccc2-c2ccc3oc4ccccc4c3c21.CC1(C)c2ccc(N(c3ccc(-c4ccccc4)cc3)c3ccc(-c4ccccc4)cc3)cc2-c2ccc3oc4ccccc4c3c21.CC1(C)c2ccc(N(c3ccccc3)c3ccc(-c4ccc5ccccc5c4)cc3)cc2-c2ccc3oc4ccccc4c3c21. The Morgan fingerprint density at radius 1 is 0.161 bits per heavy atom. The second-order valence-corrected chi connectivity index (χ2v) is 38.2. The van der Waals surface area contributed by atoms with Gasteiger partial charge in [0.25, 0.3) is 0 Å². The molecule has 0 N–H and O–H groups in total. The molecule has 21 aromatic carbocycles. The third-order valence-electron chi connectivity index (χ3n) is 29.1. The molecular weight excluding hydrogens is 1660 g/mol. The lowest BCUT2D eigenvalue weighted by Crippen LogP contribution is -2.17. The van der Waals surface area contributed by atoms with Crippen LogP contribution < -0.4 is 14.7 Å². The number of hydrogen-bond donors (Lipinski definition) is 0. The summed E-state index contributed by atoms with van der Waals surface area (Å²) in [5, 5.41) is 12.3. The molecule has 0 unspecified atom stereocenters. The number of fused-ring (bicyclic) bond motifs is 23. The van der Waals surface area contributed by atoms with Crippen LogP contribution in [0.2, 0.25) is 0 Å². The molecule has 137 heavy (non-hydrogen) atoms. The van der Waals surface area contributed by atoms with E-state index in [1.165, 1.54) is 165 Å². The van der Waals surface area contributed by atoms with Crippen LogP contribution in [-0.4, -0.2) is 0 Å². The number of furan rings is 3. The van der Waals surface area contributed by atoms with Crippen molar-refractivity contribution < 1.29 is 13.3 Å². The van der Waals surface area contributed by atoms with Crippen molar-refractivity contribution in [1.29, 1.82) is 0 Å². The third-order valence-corrected chi connectivity index (χ3v) is 29.1. The number of rotatable bonds is 13. The van der Waals surface area contributed by atoms with Gasteiger partial charge in [-0.1, -0.05) is 351 Å². The van der Waals surface area contributed by atoms with Gasteiger partial charge in [-0.3, -0.25) is 0 Å². The first-order chi connectivity index (χ1) is 67.2. The van der Waals surface area contributed by atoms with Crippen LogP contribution in [0, 0.1) is 0 Å². The second kappa shape index (κ2) is 32.7. The summed E-state index contributed by atoms with van der Waals surface area (Å²) in [5.74, 6) is 0. The monoisotopic (exact) mass is 1760 g/mol. The molecule has 0 saturated carbocycles. The van der Waals surface area contributed by atoms with Gasteiger partial charge in [0.05, 0.1) is 0 Å². The molecule has 3 aliphatic rings. The third kappa shape index (κ3) is 13.9. The van der Waals surface area contributed by atoms with Crippen LogP contribution in [0.1, 0.15) is 74.9 Å². The van der Waals surface area contributed by atoms with Crippen LogP contribution in [0.5, 0.6) is 0 Å². The molecule has 6 heteroatoms. The van der Waals surface area contributed by atoms with Gasteiger partial charge in [0.1, 0.15) is 33.5 Å². The Labute approximate surface area is 797 Å². The van der Waals surface area contributed by atoms with Gasteiger partial charge in [-0.15, -0.1) is 0 Å². The Morgan fingerprint density at radius 3 is 0.781 bits per heavy atom. The highest BCUT2D eigenvalue weighted by atomic mass is 16.3. The van der Waals surface area contributed by atoms with Crippen LogP contribution in [0.25, 0.3) is 165 Å². The first-order valence-corrected chi connectivity index (χ1v) is 47.5. The molecule has 0 spiro atoms. The molecule has 24 aromatic rings. The lowest BCUT2D eigenvalue weighted by atomic mass is 9.80. The molecule has 3 aromatic heterocycles. The summed E-state index contributed by atoms with van der Waals surface area (Å²) >= 11 is 0. The maximum Gasteiger partial charge on any atom is 0.135 e. The van der Waals surface area contributed by atoms with Gasteiger partial charge in [-0.05, 0) is 291 Å². The van der Waals surface area contributed by atoms with Gasteiger partial charge in [0.15, 0.2) is 0 Å². The molecule has 652 valence electrons. The molecule has 3 heterocycles.